The van der Waals surface area contributed by atoms with Crippen LogP contribution in [-0.4, -0.2) is 29.4 Å². The highest BCUT2D eigenvalue weighted by Crippen LogP contribution is 2.22. The Morgan fingerprint density at radius 1 is 1.25 bits per heavy atom. The summed E-state index contributed by atoms with van der Waals surface area (Å²) in [6, 6.07) is 13.6. The molecule has 0 saturated carbocycles. The summed E-state index contributed by atoms with van der Waals surface area (Å²) in [6.07, 6.45) is 0.646. The van der Waals surface area contributed by atoms with E-state index in [0.717, 1.165) is 9.77 Å². The Morgan fingerprint density at radius 3 is 2.70 bits per heavy atom. The minimum atomic E-state index is -0.228. The fourth-order valence-corrected chi connectivity index (χ4v) is 3.41. The monoisotopic (exact) mass is 307 g/mol. The molecule has 1 aromatic heterocycles. The first kappa shape index (κ1) is 15.1. The highest BCUT2D eigenvalue weighted by atomic mass is 32.2. The molecular weight excluding hydrogens is 290 g/mol. The zero-order chi connectivity index (χ0) is 14.2. The zero-order valence-electron chi connectivity index (χ0n) is 11.0. The molecule has 20 heavy (non-hydrogen) atoms. The summed E-state index contributed by atoms with van der Waals surface area (Å²) < 4.78 is 1.13. The molecule has 1 aromatic carbocycles. The van der Waals surface area contributed by atoms with Gasteiger partial charge in [-0.2, -0.15) is 0 Å². The van der Waals surface area contributed by atoms with Gasteiger partial charge in [0.15, 0.2) is 0 Å². The average Bonchev–Trinajstić information content (AvgIpc) is 2.99. The number of hydrogen-bond acceptors (Lipinski definition) is 4. The standard InChI is InChI=1S/C15H17NO2S2/c17-10-13(9-12-5-2-1-3-6-12)16-14(18)11-20-15-7-4-8-19-15/h1-8,13,17H,9-11H2,(H,16,18)/t13-/m1/s1. The second-order valence-electron chi connectivity index (χ2n) is 4.36. The van der Waals surface area contributed by atoms with Gasteiger partial charge < -0.3 is 10.4 Å². The number of benzene rings is 1. The SMILES string of the molecule is O=C(CSc1cccs1)N[C@@H](CO)Cc1ccccc1. The molecule has 2 aromatic rings. The Kier molecular flexibility index (Phi) is 6.11. The third-order valence-corrected chi connectivity index (χ3v) is 4.88. The molecular formula is C15H17NO2S2. The molecule has 1 heterocycles. The van der Waals surface area contributed by atoms with Crippen LogP contribution in [0.2, 0.25) is 0 Å². The molecule has 1 amide bonds. The van der Waals surface area contributed by atoms with Crippen LogP contribution >= 0.6 is 23.1 Å². The van der Waals surface area contributed by atoms with E-state index in [1.54, 1.807) is 11.3 Å². The van der Waals surface area contributed by atoms with Gasteiger partial charge >= 0.3 is 0 Å². The van der Waals surface area contributed by atoms with Crippen molar-refractivity contribution in [3.63, 3.8) is 0 Å². The molecule has 5 heteroatoms. The van der Waals surface area contributed by atoms with E-state index in [1.165, 1.54) is 11.8 Å². The van der Waals surface area contributed by atoms with Gasteiger partial charge in [0, 0.05) is 0 Å². The minimum absolute atomic E-state index is 0.0432. The minimum Gasteiger partial charge on any atom is -0.394 e. The fourth-order valence-electron chi connectivity index (χ4n) is 1.81. The number of rotatable bonds is 7. The zero-order valence-corrected chi connectivity index (χ0v) is 12.6. The van der Waals surface area contributed by atoms with Gasteiger partial charge in [0.05, 0.1) is 22.6 Å². The van der Waals surface area contributed by atoms with Gasteiger partial charge in [-0.3, -0.25) is 4.79 Å². The van der Waals surface area contributed by atoms with Gasteiger partial charge in [-0.15, -0.1) is 23.1 Å². The highest BCUT2D eigenvalue weighted by Gasteiger charge is 2.12. The molecule has 0 unspecified atom stereocenters. The van der Waals surface area contributed by atoms with E-state index in [1.807, 2.05) is 47.8 Å². The van der Waals surface area contributed by atoms with E-state index in [0.29, 0.717) is 12.2 Å². The molecule has 1 atom stereocenters. The van der Waals surface area contributed by atoms with E-state index >= 15 is 0 Å². The molecule has 0 aliphatic carbocycles. The van der Waals surface area contributed by atoms with Gasteiger partial charge in [-0.05, 0) is 23.4 Å². The summed E-state index contributed by atoms with van der Waals surface area (Å²) in [7, 11) is 0. The van der Waals surface area contributed by atoms with Crippen LogP contribution in [0.25, 0.3) is 0 Å². The molecule has 0 radical (unpaired) electrons. The van der Waals surface area contributed by atoms with Crippen molar-refractivity contribution in [1.29, 1.82) is 0 Å². The van der Waals surface area contributed by atoms with Crippen LogP contribution in [0.3, 0.4) is 0 Å². The lowest BCUT2D eigenvalue weighted by molar-refractivity contribution is -0.119. The summed E-state index contributed by atoms with van der Waals surface area (Å²) in [4.78, 5) is 11.9. The molecule has 0 fully saturated rings. The van der Waals surface area contributed by atoms with Crippen molar-refractivity contribution in [2.24, 2.45) is 0 Å². The van der Waals surface area contributed by atoms with Crippen LogP contribution in [0.1, 0.15) is 5.56 Å². The lowest BCUT2D eigenvalue weighted by Gasteiger charge is -2.16. The van der Waals surface area contributed by atoms with Crippen molar-refractivity contribution < 1.29 is 9.90 Å². The Labute approximate surface area is 127 Å². The van der Waals surface area contributed by atoms with E-state index in [-0.39, 0.29) is 18.6 Å². The normalized spacial score (nSPS) is 12.1. The predicted molar refractivity (Wildman–Crippen MR) is 84.2 cm³/mol. The maximum Gasteiger partial charge on any atom is 0.230 e. The lowest BCUT2D eigenvalue weighted by atomic mass is 10.1. The van der Waals surface area contributed by atoms with Gasteiger partial charge in [0.2, 0.25) is 5.91 Å². The van der Waals surface area contributed by atoms with Crippen LogP contribution in [0.4, 0.5) is 0 Å². The van der Waals surface area contributed by atoms with E-state index < -0.39 is 0 Å². The summed E-state index contributed by atoms with van der Waals surface area (Å²) in [5, 5.41) is 14.2. The molecule has 106 valence electrons. The second-order valence-corrected chi connectivity index (χ2v) is 6.58. The van der Waals surface area contributed by atoms with Crippen molar-refractivity contribution in [3.05, 3.63) is 53.4 Å². The van der Waals surface area contributed by atoms with E-state index in [4.69, 9.17) is 0 Å². The summed E-state index contributed by atoms with van der Waals surface area (Å²) in [5.41, 5.74) is 1.11. The number of thiophene rings is 1. The van der Waals surface area contributed by atoms with E-state index in [2.05, 4.69) is 5.32 Å². The fraction of sp³-hybridized carbons (Fsp3) is 0.267. The van der Waals surface area contributed by atoms with Gasteiger partial charge in [-0.1, -0.05) is 36.4 Å². The maximum absolute atomic E-state index is 11.9. The van der Waals surface area contributed by atoms with Crippen molar-refractivity contribution >= 4 is 29.0 Å². The number of aliphatic hydroxyl groups is 1. The van der Waals surface area contributed by atoms with Gasteiger partial charge in [-0.25, -0.2) is 0 Å². The Balaban J connectivity index is 1.79. The first-order valence-corrected chi connectivity index (χ1v) is 8.25. The Bertz CT molecular complexity index is 514. The topological polar surface area (TPSA) is 49.3 Å². The van der Waals surface area contributed by atoms with Crippen molar-refractivity contribution in [1.82, 2.24) is 5.32 Å². The van der Waals surface area contributed by atoms with Crippen LogP contribution in [-0.2, 0) is 11.2 Å². The van der Waals surface area contributed by atoms with Crippen LogP contribution < -0.4 is 5.32 Å². The Hall–Kier alpha value is -1.30. The van der Waals surface area contributed by atoms with Crippen molar-refractivity contribution in [2.45, 2.75) is 16.7 Å². The molecule has 0 saturated heterocycles. The van der Waals surface area contributed by atoms with E-state index in [9.17, 15) is 9.90 Å². The first-order valence-electron chi connectivity index (χ1n) is 6.38. The maximum atomic E-state index is 11.9. The van der Waals surface area contributed by atoms with Crippen LogP contribution in [0.15, 0.2) is 52.1 Å². The highest BCUT2D eigenvalue weighted by molar-refractivity contribution is 8.01. The third-order valence-electron chi connectivity index (χ3n) is 2.75. The molecule has 0 bridgehead atoms. The Morgan fingerprint density at radius 2 is 2.05 bits per heavy atom. The molecule has 2 N–H and O–H groups in total. The molecule has 0 aliphatic heterocycles. The van der Waals surface area contributed by atoms with Crippen molar-refractivity contribution in [2.75, 3.05) is 12.4 Å². The molecule has 2 rings (SSSR count). The largest absolute Gasteiger partial charge is 0.394 e. The number of carbonyl (C=O) groups is 1. The van der Waals surface area contributed by atoms with Crippen LogP contribution in [0.5, 0.6) is 0 Å². The van der Waals surface area contributed by atoms with Crippen LogP contribution in [0, 0.1) is 0 Å². The third kappa shape index (κ3) is 5.00. The molecule has 3 nitrogen and oxygen atoms in total. The predicted octanol–water partition coefficient (Wildman–Crippen LogP) is 2.56. The number of carbonyl (C=O) groups excluding carboxylic acids is 1. The molecule has 0 aliphatic rings. The first-order chi connectivity index (χ1) is 9.78. The smallest absolute Gasteiger partial charge is 0.230 e. The molecule has 0 spiro atoms. The number of nitrogens with one attached hydrogen (secondary N) is 1. The van der Waals surface area contributed by atoms with Gasteiger partial charge in [0.25, 0.3) is 0 Å². The average molecular weight is 307 g/mol. The summed E-state index contributed by atoms with van der Waals surface area (Å²) in [5.74, 6) is 0.338. The number of aliphatic hydroxyl groups excluding tert-OH is 1. The second kappa shape index (κ2) is 8.09. The quantitative estimate of drug-likeness (QED) is 0.773. The summed E-state index contributed by atoms with van der Waals surface area (Å²) >= 11 is 3.14. The lowest BCUT2D eigenvalue weighted by Crippen LogP contribution is -2.40. The number of amides is 1. The van der Waals surface area contributed by atoms with Crippen molar-refractivity contribution in [3.8, 4) is 0 Å². The number of thioether (sulfide) groups is 1. The summed E-state index contributed by atoms with van der Waals surface area (Å²) in [6.45, 7) is -0.0513. The van der Waals surface area contributed by atoms with Gasteiger partial charge in [0.1, 0.15) is 0 Å². The number of hydrogen-bond donors (Lipinski definition) is 2.